The molecule has 0 unspecified atom stereocenters. The van der Waals surface area contributed by atoms with Crippen molar-refractivity contribution in [3.8, 4) is 0 Å². The van der Waals surface area contributed by atoms with E-state index in [1.165, 1.54) is 19.3 Å². The van der Waals surface area contributed by atoms with Crippen LogP contribution in [0.1, 0.15) is 42.5 Å². The Morgan fingerprint density at radius 1 is 1.28 bits per heavy atom. The molecule has 0 spiro atoms. The molecule has 1 fully saturated rings. The lowest BCUT2D eigenvalue weighted by molar-refractivity contribution is 0.0937. The van der Waals surface area contributed by atoms with Gasteiger partial charge >= 0.3 is 0 Å². The number of hydrogen-bond acceptors (Lipinski definition) is 2. The normalized spacial score (nSPS) is 18.3. The first kappa shape index (κ1) is 13.6. The van der Waals surface area contributed by atoms with Gasteiger partial charge in [-0.1, -0.05) is 31.4 Å². The van der Waals surface area contributed by atoms with Gasteiger partial charge in [0.05, 0.1) is 5.56 Å². The van der Waals surface area contributed by atoms with E-state index in [4.69, 9.17) is 5.73 Å². The predicted octanol–water partition coefficient (Wildman–Crippen LogP) is 2.84. The first-order valence-electron chi connectivity index (χ1n) is 6.42. The fourth-order valence-corrected chi connectivity index (χ4v) is 2.89. The number of rotatable bonds is 3. The van der Waals surface area contributed by atoms with Gasteiger partial charge in [0.2, 0.25) is 0 Å². The third kappa shape index (κ3) is 3.33. The van der Waals surface area contributed by atoms with Crippen LogP contribution in [0.25, 0.3) is 0 Å². The van der Waals surface area contributed by atoms with E-state index in [1.54, 1.807) is 0 Å². The van der Waals surface area contributed by atoms with Crippen LogP contribution in [0.4, 0.5) is 0 Å². The topological polar surface area (TPSA) is 55.1 Å². The molecule has 18 heavy (non-hydrogen) atoms. The smallest absolute Gasteiger partial charge is 0.252 e. The standard InChI is InChI=1S/C14H19BrN2O/c15-12-7-3-2-6-11(12)13(18)17-10-14(16)8-4-1-5-9-14/h2-3,6-7H,1,4-5,8-10,16H2,(H,17,18). The number of nitrogens with two attached hydrogens (primary N) is 1. The molecule has 1 aromatic carbocycles. The molecule has 1 amide bonds. The van der Waals surface area contributed by atoms with Crippen LogP contribution < -0.4 is 11.1 Å². The van der Waals surface area contributed by atoms with Crippen molar-refractivity contribution in [2.75, 3.05) is 6.54 Å². The van der Waals surface area contributed by atoms with Crippen molar-refractivity contribution in [1.82, 2.24) is 5.32 Å². The lowest BCUT2D eigenvalue weighted by Crippen LogP contribution is -2.51. The Morgan fingerprint density at radius 2 is 1.94 bits per heavy atom. The maximum absolute atomic E-state index is 12.1. The largest absolute Gasteiger partial charge is 0.350 e. The van der Waals surface area contributed by atoms with Crippen LogP contribution in [0.15, 0.2) is 28.7 Å². The van der Waals surface area contributed by atoms with Gasteiger partial charge in [-0.2, -0.15) is 0 Å². The van der Waals surface area contributed by atoms with Crippen molar-refractivity contribution >= 4 is 21.8 Å². The third-order valence-corrected chi connectivity index (χ3v) is 4.26. The lowest BCUT2D eigenvalue weighted by atomic mass is 9.82. The Bertz CT molecular complexity index is 428. The van der Waals surface area contributed by atoms with Gasteiger partial charge < -0.3 is 11.1 Å². The second kappa shape index (κ2) is 5.85. The van der Waals surface area contributed by atoms with Gasteiger partial charge in [0.15, 0.2) is 0 Å². The molecule has 0 saturated heterocycles. The average molecular weight is 311 g/mol. The number of amides is 1. The molecule has 2 rings (SSSR count). The van der Waals surface area contributed by atoms with Crippen molar-refractivity contribution in [3.63, 3.8) is 0 Å². The first-order valence-corrected chi connectivity index (χ1v) is 7.22. The zero-order valence-corrected chi connectivity index (χ0v) is 12.0. The SMILES string of the molecule is NC1(CNC(=O)c2ccccc2Br)CCCCC1. The minimum absolute atomic E-state index is 0.0575. The molecular weight excluding hydrogens is 292 g/mol. The van der Waals surface area contributed by atoms with Crippen molar-refractivity contribution in [3.05, 3.63) is 34.3 Å². The van der Waals surface area contributed by atoms with E-state index < -0.39 is 0 Å². The molecule has 4 heteroatoms. The molecule has 1 aliphatic carbocycles. The number of hydrogen-bond donors (Lipinski definition) is 2. The maximum atomic E-state index is 12.1. The second-order valence-electron chi connectivity index (χ2n) is 5.09. The van der Waals surface area contributed by atoms with E-state index >= 15 is 0 Å². The highest BCUT2D eigenvalue weighted by Gasteiger charge is 2.27. The lowest BCUT2D eigenvalue weighted by Gasteiger charge is -2.33. The van der Waals surface area contributed by atoms with Crippen LogP contribution in [0.2, 0.25) is 0 Å². The van der Waals surface area contributed by atoms with Crippen LogP contribution in [-0.4, -0.2) is 18.0 Å². The molecule has 1 saturated carbocycles. The quantitative estimate of drug-likeness (QED) is 0.902. The van der Waals surface area contributed by atoms with E-state index in [9.17, 15) is 4.79 Å². The van der Waals surface area contributed by atoms with Crippen molar-refractivity contribution in [2.24, 2.45) is 5.73 Å². The zero-order chi connectivity index (χ0) is 13.0. The maximum Gasteiger partial charge on any atom is 0.252 e. The van der Waals surface area contributed by atoms with Crippen LogP contribution in [0.5, 0.6) is 0 Å². The predicted molar refractivity (Wildman–Crippen MR) is 76.5 cm³/mol. The van der Waals surface area contributed by atoms with Crippen molar-refractivity contribution in [1.29, 1.82) is 0 Å². The van der Waals surface area contributed by atoms with Crippen molar-refractivity contribution < 1.29 is 4.79 Å². The summed E-state index contributed by atoms with van der Waals surface area (Å²) in [4.78, 5) is 12.1. The summed E-state index contributed by atoms with van der Waals surface area (Å²) in [6.45, 7) is 0.563. The summed E-state index contributed by atoms with van der Waals surface area (Å²) < 4.78 is 0.817. The highest BCUT2D eigenvalue weighted by atomic mass is 79.9. The Morgan fingerprint density at radius 3 is 2.61 bits per heavy atom. The first-order chi connectivity index (χ1) is 8.61. The summed E-state index contributed by atoms with van der Waals surface area (Å²) in [6.07, 6.45) is 5.60. The second-order valence-corrected chi connectivity index (χ2v) is 5.94. The van der Waals surface area contributed by atoms with Gasteiger partial charge in [-0.3, -0.25) is 4.79 Å². The van der Waals surface area contributed by atoms with Gasteiger partial charge in [0.1, 0.15) is 0 Å². The fraction of sp³-hybridized carbons (Fsp3) is 0.500. The number of halogens is 1. The molecule has 3 N–H and O–H groups in total. The monoisotopic (exact) mass is 310 g/mol. The highest BCUT2D eigenvalue weighted by Crippen LogP contribution is 2.25. The zero-order valence-electron chi connectivity index (χ0n) is 10.4. The van der Waals surface area contributed by atoms with Gasteiger partial charge in [-0.15, -0.1) is 0 Å². The van der Waals surface area contributed by atoms with Crippen LogP contribution in [-0.2, 0) is 0 Å². The number of carbonyl (C=O) groups excluding carboxylic acids is 1. The summed E-state index contributed by atoms with van der Waals surface area (Å²) in [5.41, 5.74) is 6.75. The molecular formula is C14H19BrN2O. The summed E-state index contributed by atoms with van der Waals surface area (Å²) in [6, 6.07) is 7.43. The van der Waals surface area contributed by atoms with Gasteiger partial charge in [0, 0.05) is 16.6 Å². The molecule has 0 atom stereocenters. The fourth-order valence-electron chi connectivity index (χ4n) is 2.43. The van der Waals surface area contributed by atoms with Crippen LogP contribution >= 0.6 is 15.9 Å². The minimum Gasteiger partial charge on any atom is -0.350 e. The molecule has 0 heterocycles. The molecule has 98 valence electrons. The summed E-state index contributed by atoms with van der Waals surface area (Å²) in [5, 5.41) is 2.96. The molecule has 0 aromatic heterocycles. The van der Waals surface area contributed by atoms with Gasteiger partial charge in [-0.25, -0.2) is 0 Å². The van der Waals surface area contributed by atoms with Gasteiger partial charge in [-0.05, 0) is 40.9 Å². The molecule has 0 aliphatic heterocycles. The number of carbonyl (C=O) groups is 1. The Kier molecular flexibility index (Phi) is 4.40. The van der Waals surface area contributed by atoms with E-state index in [-0.39, 0.29) is 11.4 Å². The summed E-state index contributed by atoms with van der Waals surface area (Å²) in [7, 11) is 0. The third-order valence-electron chi connectivity index (χ3n) is 3.57. The van der Waals surface area contributed by atoms with Gasteiger partial charge in [0.25, 0.3) is 5.91 Å². The molecule has 3 nitrogen and oxygen atoms in total. The van der Waals surface area contributed by atoms with Crippen molar-refractivity contribution in [2.45, 2.75) is 37.6 Å². The Hall–Kier alpha value is -0.870. The van der Waals surface area contributed by atoms with E-state index in [0.29, 0.717) is 12.1 Å². The molecule has 0 radical (unpaired) electrons. The Balaban J connectivity index is 1.94. The molecule has 1 aliphatic rings. The highest BCUT2D eigenvalue weighted by molar-refractivity contribution is 9.10. The average Bonchev–Trinajstić information content (AvgIpc) is 2.38. The summed E-state index contributed by atoms with van der Waals surface area (Å²) >= 11 is 3.38. The van der Waals surface area contributed by atoms with Crippen LogP contribution in [0.3, 0.4) is 0 Å². The van der Waals surface area contributed by atoms with E-state index in [0.717, 1.165) is 17.3 Å². The minimum atomic E-state index is -0.213. The molecule has 0 bridgehead atoms. The number of nitrogens with one attached hydrogen (secondary N) is 1. The molecule has 1 aromatic rings. The Labute approximate surface area is 116 Å². The van der Waals surface area contributed by atoms with E-state index in [1.807, 2.05) is 24.3 Å². The number of benzene rings is 1. The summed E-state index contributed by atoms with van der Waals surface area (Å²) in [5.74, 6) is -0.0575. The van der Waals surface area contributed by atoms with Crippen LogP contribution in [0, 0.1) is 0 Å². The van der Waals surface area contributed by atoms with E-state index in [2.05, 4.69) is 21.2 Å².